The number of benzene rings is 1. The van der Waals surface area contributed by atoms with E-state index >= 15 is 0 Å². The Balaban J connectivity index is 1.39. The van der Waals surface area contributed by atoms with E-state index in [0.29, 0.717) is 6.42 Å². The third kappa shape index (κ3) is 3.93. The SMILES string of the molecule is N[C@@H](Cc1ccccc1)C(=O)NC1CCCN(c2ncnc3[nH]ccc23)C1. The highest BCUT2D eigenvalue weighted by Crippen LogP contribution is 2.25. The Morgan fingerprint density at radius 3 is 3.00 bits per heavy atom. The number of piperidine rings is 1. The fourth-order valence-corrected chi connectivity index (χ4v) is 3.67. The molecule has 1 aromatic carbocycles. The summed E-state index contributed by atoms with van der Waals surface area (Å²) in [5.41, 5.74) is 8.02. The summed E-state index contributed by atoms with van der Waals surface area (Å²) in [4.78, 5) is 26.6. The quantitative estimate of drug-likeness (QED) is 0.639. The number of nitrogens with one attached hydrogen (secondary N) is 2. The van der Waals surface area contributed by atoms with Gasteiger partial charge in [-0.2, -0.15) is 0 Å². The van der Waals surface area contributed by atoms with E-state index in [4.69, 9.17) is 5.73 Å². The average molecular weight is 364 g/mol. The summed E-state index contributed by atoms with van der Waals surface area (Å²) in [6.45, 7) is 1.64. The summed E-state index contributed by atoms with van der Waals surface area (Å²) < 4.78 is 0. The van der Waals surface area contributed by atoms with Gasteiger partial charge in [0, 0.05) is 25.3 Å². The van der Waals surface area contributed by atoms with Crippen molar-refractivity contribution in [3.63, 3.8) is 0 Å². The number of hydrogen-bond acceptors (Lipinski definition) is 5. The maximum atomic E-state index is 12.5. The van der Waals surface area contributed by atoms with Gasteiger partial charge in [0.15, 0.2) is 0 Å². The van der Waals surface area contributed by atoms with Crippen LogP contribution in [0.1, 0.15) is 18.4 Å². The van der Waals surface area contributed by atoms with Crippen molar-refractivity contribution in [3.05, 3.63) is 54.5 Å². The van der Waals surface area contributed by atoms with E-state index in [1.165, 1.54) is 0 Å². The molecule has 4 N–H and O–H groups in total. The fourth-order valence-electron chi connectivity index (χ4n) is 3.67. The number of nitrogens with zero attached hydrogens (tertiary/aromatic N) is 3. The van der Waals surface area contributed by atoms with Gasteiger partial charge < -0.3 is 20.9 Å². The Kier molecular flexibility index (Phi) is 5.02. The molecule has 1 aliphatic rings. The van der Waals surface area contributed by atoms with Gasteiger partial charge >= 0.3 is 0 Å². The fraction of sp³-hybridized carbons (Fsp3) is 0.350. The number of hydrogen-bond donors (Lipinski definition) is 3. The number of amides is 1. The molecule has 2 atom stereocenters. The van der Waals surface area contributed by atoms with Gasteiger partial charge in [-0.1, -0.05) is 30.3 Å². The Labute approximate surface area is 158 Å². The molecular weight excluding hydrogens is 340 g/mol. The highest BCUT2D eigenvalue weighted by molar-refractivity contribution is 5.87. The summed E-state index contributed by atoms with van der Waals surface area (Å²) in [6, 6.07) is 11.4. The van der Waals surface area contributed by atoms with Gasteiger partial charge in [0.25, 0.3) is 0 Å². The summed E-state index contributed by atoms with van der Waals surface area (Å²) in [6.07, 6.45) is 5.93. The first-order chi connectivity index (χ1) is 13.2. The van der Waals surface area contributed by atoms with E-state index in [1.54, 1.807) is 6.33 Å². The number of aromatic amines is 1. The molecule has 1 saturated heterocycles. The van der Waals surface area contributed by atoms with Crippen LogP contribution >= 0.6 is 0 Å². The van der Waals surface area contributed by atoms with Gasteiger partial charge in [-0.05, 0) is 30.9 Å². The molecule has 140 valence electrons. The normalized spacial score (nSPS) is 18.4. The van der Waals surface area contributed by atoms with Crippen molar-refractivity contribution in [2.45, 2.75) is 31.3 Å². The molecule has 1 fully saturated rings. The topological polar surface area (TPSA) is 99.9 Å². The lowest BCUT2D eigenvalue weighted by molar-refractivity contribution is -0.123. The second kappa shape index (κ2) is 7.75. The minimum atomic E-state index is -0.543. The maximum Gasteiger partial charge on any atom is 0.237 e. The zero-order chi connectivity index (χ0) is 18.6. The van der Waals surface area contributed by atoms with Crippen molar-refractivity contribution in [1.82, 2.24) is 20.3 Å². The van der Waals surface area contributed by atoms with E-state index < -0.39 is 6.04 Å². The standard InChI is InChI=1S/C20H24N6O/c21-17(11-14-5-2-1-3-6-14)20(27)25-15-7-4-10-26(12-15)19-16-8-9-22-18(16)23-13-24-19/h1-3,5-6,8-9,13,15,17H,4,7,10-12,21H2,(H,25,27)(H,22,23,24)/t15?,17-/m0/s1. The highest BCUT2D eigenvalue weighted by atomic mass is 16.2. The van der Waals surface area contributed by atoms with Crippen LogP contribution in [0.15, 0.2) is 48.9 Å². The smallest absolute Gasteiger partial charge is 0.237 e. The third-order valence-corrected chi connectivity index (χ3v) is 5.04. The Bertz CT molecular complexity index is 909. The maximum absolute atomic E-state index is 12.5. The first kappa shape index (κ1) is 17.5. The van der Waals surface area contributed by atoms with Crippen LogP contribution in [-0.4, -0.2) is 46.0 Å². The first-order valence-corrected chi connectivity index (χ1v) is 9.33. The molecule has 1 unspecified atom stereocenters. The van der Waals surface area contributed by atoms with Crippen molar-refractivity contribution in [2.75, 3.05) is 18.0 Å². The van der Waals surface area contributed by atoms with E-state index in [0.717, 1.165) is 48.3 Å². The molecule has 7 nitrogen and oxygen atoms in total. The number of anilines is 1. The molecule has 0 bridgehead atoms. The first-order valence-electron chi connectivity index (χ1n) is 9.33. The molecular formula is C20H24N6O. The van der Waals surface area contributed by atoms with Crippen molar-refractivity contribution in [3.8, 4) is 0 Å². The van der Waals surface area contributed by atoms with E-state index in [1.807, 2.05) is 42.6 Å². The van der Waals surface area contributed by atoms with Gasteiger partial charge in [0.05, 0.1) is 11.4 Å². The number of carbonyl (C=O) groups excluding carboxylic acids is 1. The van der Waals surface area contributed by atoms with Crippen molar-refractivity contribution >= 4 is 22.8 Å². The van der Waals surface area contributed by atoms with Crippen molar-refractivity contribution in [1.29, 1.82) is 0 Å². The van der Waals surface area contributed by atoms with Crippen LogP contribution in [-0.2, 0) is 11.2 Å². The number of aromatic nitrogens is 3. The summed E-state index contributed by atoms with van der Waals surface area (Å²) in [5, 5.41) is 4.13. The molecule has 27 heavy (non-hydrogen) atoms. The number of rotatable bonds is 5. The summed E-state index contributed by atoms with van der Waals surface area (Å²) >= 11 is 0. The molecule has 4 rings (SSSR count). The molecule has 1 amide bonds. The minimum absolute atomic E-state index is 0.0667. The Hall–Kier alpha value is -2.93. The molecule has 0 spiro atoms. The van der Waals surface area contributed by atoms with Gasteiger partial charge in [0.2, 0.25) is 5.91 Å². The van der Waals surface area contributed by atoms with Crippen LogP contribution in [0, 0.1) is 0 Å². The Morgan fingerprint density at radius 1 is 1.30 bits per heavy atom. The van der Waals surface area contributed by atoms with Crippen LogP contribution in [0.25, 0.3) is 11.0 Å². The number of fused-ring (bicyclic) bond motifs is 1. The van der Waals surface area contributed by atoms with E-state index in [9.17, 15) is 4.79 Å². The highest BCUT2D eigenvalue weighted by Gasteiger charge is 2.25. The van der Waals surface area contributed by atoms with Crippen LogP contribution in [0.4, 0.5) is 5.82 Å². The molecule has 7 heteroatoms. The number of nitrogens with two attached hydrogens (primary N) is 1. The van der Waals surface area contributed by atoms with Crippen molar-refractivity contribution in [2.24, 2.45) is 5.73 Å². The molecule has 3 heterocycles. The lowest BCUT2D eigenvalue weighted by Crippen LogP contribution is -2.52. The molecule has 0 saturated carbocycles. The molecule has 2 aromatic heterocycles. The van der Waals surface area contributed by atoms with Crippen LogP contribution in [0.2, 0.25) is 0 Å². The van der Waals surface area contributed by atoms with Crippen LogP contribution in [0.3, 0.4) is 0 Å². The average Bonchev–Trinajstić information content (AvgIpc) is 3.18. The number of carbonyl (C=O) groups is 1. The van der Waals surface area contributed by atoms with Gasteiger partial charge in [0.1, 0.15) is 17.8 Å². The second-order valence-corrected chi connectivity index (χ2v) is 7.03. The molecule has 1 aliphatic heterocycles. The zero-order valence-electron chi connectivity index (χ0n) is 15.1. The third-order valence-electron chi connectivity index (χ3n) is 5.04. The van der Waals surface area contributed by atoms with Gasteiger partial charge in [-0.15, -0.1) is 0 Å². The predicted molar refractivity (Wildman–Crippen MR) is 105 cm³/mol. The largest absolute Gasteiger partial charge is 0.354 e. The molecule has 3 aromatic rings. The predicted octanol–water partition coefficient (Wildman–Crippen LogP) is 1.61. The van der Waals surface area contributed by atoms with Crippen molar-refractivity contribution < 1.29 is 4.79 Å². The van der Waals surface area contributed by atoms with Crippen LogP contribution < -0.4 is 16.0 Å². The van der Waals surface area contributed by atoms with E-state index in [2.05, 4.69) is 25.2 Å². The van der Waals surface area contributed by atoms with Crippen LogP contribution in [0.5, 0.6) is 0 Å². The molecule has 0 aliphatic carbocycles. The van der Waals surface area contributed by atoms with E-state index in [-0.39, 0.29) is 11.9 Å². The molecule has 0 radical (unpaired) electrons. The zero-order valence-corrected chi connectivity index (χ0v) is 15.1. The lowest BCUT2D eigenvalue weighted by Gasteiger charge is -2.34. The monoisotopic (exact) mass is 364 g/mol. The minimum Gasteiger partial charge on any atom is -0.354 e. The summed E-state index contributed by atoms with van der Waals surface area (Å²) in [7, 11) is 0. The number of H-pyrrole nitrogens is 1. The Morgan fingerprint density at radius 2 is 2.15 bits per heavy atom. The lowest BCUT2D eigenvalue weighted by atomic mass is 10.0. The second-order valence-electron chi connectivity index (χ2n) is 7.03. The van der Waals surface area contributed by atoms with Gasteiger partial charge in [-0.25, -0.2) is 9.97 Å². The van der Waals surface area contributed by atoms with Gasteiger partial charge in [-0.3, -0.25) is 4.79 Å². The summed E-state index contributed by atoms with van der Waals surface area (Å²) in [5.74, 6) is 0.814.